The highest BCUT2D eigenvalue weighted by molar-refractivity contribution is 9.10. The van der Waals surface area contributed by atoms with Gasteiger partial charge in [0.2, 0.25) is 0 Å². The molecule has 1 amide bonds. The molecule has 0 aliphatic heterocycles. The summed E-state index contributed by atoms with van der Waals surface area (Å²) in [5.41, 5.74) is 6.16. The van der Waals surface area contributed by atoms with Crippen molar-refractivity contribution in [1.82, 2.24) is 5.32 Å². The van der Waals surface area contributed by atoms with E-state index < -0.39 is 18.5 Å². The number of nitrogen functional groups attached to an aromatic ring is 1. The highest BCUT2D eigenvalue weighted by Gasteiger charge is 2.26. The topological polar surface area (TPSA) is 55.1 Å². The second-order valence-corrected chi connectivity index (χ2v) is 4.62. The number of hydrogen-bond acceptors (Lipinski definition) is 2. The molecule has 1 aromatic carbocycles. The zero-order chi connectivity index (χ0) is 13.8. The molecule has 0 spiro atoms. The molecule has 100 valence electrons. The Morgan fingerprint density at radius 1 is 1.39 bits per heavy atom. The van der Waals surface area contributed by atoms with E-state index in [1.165, 1.54) is 6.07 Å². The van der Waals surface area contributed by atoms with Crippen LogP contribution in [0.2, 0.25) is 0 Å². The molecule has 0 fully saturated rings. The lowest BCUT2D eigenvalue weighted by Gasteiger charge is -2.09. The van der Waals surface area contributed by atoms with Crippen LogP contribution in [0.1, 0.15) is 23.2 Å². The minimum absolute atomic E-state index is 0.0339. The van der Waals surface area contributed by atoms with E-state index in [0.717, 1.165) is 4.47 Å². The maximum atomic E-state index is 11.9. The molecule has 7 heteroatoms. The predicted molar refractivity (Wildman–Crippen MR) is 66.2 cm³/mol. The van der Waals surface area contributed by atoms with E-state index in [9.17, 15) is 18.0 Å². The van der Waals surface area contributed by atoms with E-state index in [0.29, 0.717) is 0 Å². The summed E-state index contributed by atoms with van der Waals surface area (Å²) in [5.74, 6) is -0.470. The van der Waals surface area contributed by atoms with Crippen LogP contribution in [0.4, 0.5) is 18.9 Å². The second kappa shape index (κ2) is 6.08. The number of hydrogen-bond donors (Lipinski definition) is 2. The van der Waals surface area contributed by atoms with Crippen molar-refractivity contribution in [1.29, 1.82) is 0 Å². The number of nitrogens with one attached hydrogen (secondary N) is 1. The minimum Gasteiger partial charge on any atom is -0.398 e. The third kappa shape index (κ3) is 4.95. The van der Waals surface area contributed by atoms with Crippen LogP contribution in [-0.2, 0) is 0 Å². The molecule has 0 aliphatic rings. The number of alkyl halides is 3. The first-order valence-corrected chi connectivity index (χ1v) is 5.99. The summed E-state index contributed by atoms with van der Waals surface area (Å²) in [5, 5.41) is 2.40. The highest BCUT2D eigenvalue weighted by Crippen LogP contribution is 2.21. The number of carbonyl (C=O) groups excluding carboxylic acids is 1. The second-order valence-electron chi connectivity index (χ2n) is 3.71. The first-order chi connectivity index (χ1) is 8.29. The van der Waals surface area contributed by atoms with Gasteiger partial charge in [0.15, 0.2) is 0 Å². The Labute approximate surface area is 111 Å². The SMILES string of the molecule is Nc1cc(Br)ccc1C(=O)NCCCC(F)(F)F. The quantitative estimate of drug-likeness (QED) is 0.660. The third-order valence-electron chi connectivity index (χ3n) is 2.18. The van der Waals surface area contributed by atoms with Crippen molar-refractivity contribution in [2.24, 2.45) is 0 Å². The first kappa shape index (κ1) is 14.8. The first-order valence-electron chi connectivity index (χ1n) is 5.19. The zero-order valence-corrected chi connectivity index (χ0v) is 10.9. The molecule has 0 saturated heterocycles. The molecule has 18 heavy (non-hydrogen) atoms. The van der Waals surface area contributed by atoms with Crippen molar-refractivity contribution < 1.29 is 18.0 Å². The standard InChI is InChI=1S/C11H12BrF3N2O/c12-7-2-3-8(9(16)6-7)10(18)17-5-1-4-11(13,14)15/h2-3,6H,1,4-5,16H2,(H,17,18). The van der Waals surface area contributed by atoms with Crippen molar-refractivity contribution in [2.45, 2.75) is 19.0 Å². The number of rotatable bonds is 4. The lowest BCUT2D eigenvalue weighted by molar-refractivity contribution is -0.135. The van der Waals surface area contributed by atoms with Crippen LogP contribution in [0.15, 0.2) is 22.7 Å². The largest absolute Gasteiger partial charge is 0.398 e. The van der Waals surface area contributed by atoms with Crippen LogP contribution in [0.5, 0.6) is 0 Å². The van der Waals surface area contributed by atoms with Gasteiger partial charge < -0.3 is 11.1 Å². The average molecular weight is 325 g/mol. The zero-order valence-electron chi connectivity index (χ0n) is 9.35. The van der Waals surface area contributed by atoms with Crippen LogP contribution in [0, 0.1) is 0 Å². The Morgan fingerprint density at radius 2 is 2.06 bits per heavy atom. The third-order valence-corrected chi connectivity index (χ3v) is 2.67. The maximum Gasteiger partial charge on any atom is 0.389 e. The molecule has 0 aromatic heterocycles. The summed E-state index contributed by atoms with van der Waals surface area (Å²) in [6, 6.07) is 4.71. The van der Waals surface area contributed by atoms with Gasteiger partial charge in [0.05, 0.1) is 5.56 Å². The van der Waals surface area contributed by atoms with Crippen LogP contribution in [0.25, 0.3) is 0 Å². The van der Waals surface area contributed by atoms with Crippen LogP contribution < -0.4 is 11.1 Å². The van der Waals surface area contributed by atoms with Gasteiger partial charge in [-0.15, -0.1) is 0 Å². The molecule has 0 saturated carbocycles. The van der Waals surface area contributed by atoms with Crippen molar-refractivity contribution in [3.63, 3.8) is 0 Å². The molecule has 0 unspecified atom stereocenters. The number of nitrogens with two attached hydrogens (primary N) is 1. The normalized spacial score (nSPS) is 11.3. The monoisotopic (exact) mass is 324 g/mol. The Hall–Kier alpha value is -1.24. The minimum atomic E-state index is -4.19. The number of benzene rings is 1. The summed E-state index contributed by atoms with van der Waals surface area (Å²) in [4.78, 5) is 11.6. The Bertz CT molecular complexity index is 435. The molecule has 3 nitrogen and oxygen atoms in total. The Kier molecular flexibility index (Phi) is 5.01. The Morgan fingerprint density at radius 3 is 2.61 bits per heavy atom. The molecule has 0 aliphatic carbocycles. The molecule has 0 heterocycles. The summed E-state index contributed by atoms with van der Waals surface area (Å²) in [7, 11) is 0. The maximum absolute atomic E-state index is 11.9. The molecule has 1 rings (SSSR count). The molecule has 0 radical (unpaired) electrons. The Balaban J connectivity index is 2.46. The smallest absolute Gasteiger partial charge is 0.389 e. The van der Waals surface area contributed by atoms with Gasteiger partial charge in [0, 0.05) is 23.1 Å². The van der Waals surface area contributed by atoms with Gasteiger partial charge in [-0.3, -0.25) is 4.79 Å². The highest BCUT2D eigenvalue weighted by atomic mass is 79.9. The summed E-state index contributed by atoms with van der Waals surface area (Å²) in [6.45, 7) is -0.0339. The van der Waals surface area contributed by atoms with Crippen LogP contribution in [0.3, 0.4) is 0 Å². The summed E-state index contributed by atoms with van der Waals surface area (Å²) < 4.78 is 36.4. The molecule has 1 aromatic rings. The van der Waals surface area contributed by atoms with E-state index in [1.807, 2.05) is 0 Å². The fraction of sp³-hybridized carbons (Fsp3) is 0.364. The molecule has 0 atom stereocenters. The number of carbonyl (C=O) groups is 1. The lowest BCUT2D eigenvalue weighted by atomic mass is 10.1. The van der Waals surface area contributed by atoms with Gasteiger partial charge in [-0.25, -0.2) is 0 Å². The van der Waals surface area contributed by atoms with Crippen LogP contribution >= 0.6 is 15.9 Å². The predicted octanol–water partition coefficient (Wildman–Crippen LogP) is 3.10. The molecule has 0 bridgehead atoms. The van der Waals surface area contributed by atoms with E-state index in [1.54, 1.807) is 12.1 Å². The fourth-order valence-electron chi connectivity index (χ4n) is 1.33. The number of anilines is 1. The van der Waals surface area contributed by atoms with Crippen molar-refractivity contribution >= 4 is 27.5 Å². The van der Waals surface area contributed by atoms with Gasteiger partial charge in [0.1, 0.15) is 0 Å². The van der Waals surface area contributed by atoms with Gasteiger partial charge in [-0.2, -0.15) is 13.2 Å². The van der Waals surface area contributed by atoms with Gasteiger partial charge in [-0.1, -0.05) is 15.9 Å². The lowest BCUT2D eigenvalue weighted by Crippen LogP contribution is -2.26. The summed E-state index contributed by atoms with van der Waals surface area (Å²) >= 11 is 3.19. The van der Waals surface area contributed by atoms with Crippen molar-refractivity contribution in [2.75, 3.05) is 12.3 Å². The van der Waals surface area contributed by atoms with Gasteiger partial charge in [0.25, 0.3) is 5.91 Å². The number of amides is 1. The van der Waals surface area contributed by atoms with E-state index in [-0.39, 0.29) is 24.2 Å². The number of halogens is 4. The van der Waals surface area contributed by atoms with E-state index in [2.05, 4.69) is 21.2 Å². The summed E-state index contributed by atoms with van der Waals surface area (Å²) in [6.07, 6.45) is -5.25. The molecule has 3 N–H and O–H groups in total. The van der Waals surface area contributed by atoms with Crippen LogP contribution in [-0.4, -0.2) is 18.6 Å². The molecular formula is C11H12BrF3N2O. The van der Waals surface area contributed by atoms with E-state index in [4.69, 9.17) is 5.73 Å². The fourth-order valence-corrected chi connectivity index (χ4v) is 1.71. The van der Waals surface area contributed by atoms with Crippen molar-refractivity contribution in [3.05, 3.63) is 28.2 Å². The average Bonchev–Trinajstić information content (AvgIpc) is 2.22. The van der Waals surface area contributed by atoms with Crippen molar-refractivity contribution in [3.8, 4) is 0 Å². The van der Waals surface area contributed by atoms with E-state index >= 15 is 0 Å². The van der Waals surface area contributed by atoms with Gasteiger partial charge in [-0.05, 0) is 24.6 Å². The van der Waals surface area contributed by atoms with Gasteiger partial charge >= 0.3 is 6.18 Å². The molecular weight excluding hydrogens is 313 g/mol.